The van der Waals surface area contributed by atoms with E-state index >= 15 is 0 Å². The lowest BCUT2D eigenvalue weighted by atomic mass is 9.92. The van der Waals surface area contributed by atoms with Gasteiger partial charge in [0, 0.05) is 22.8 Å². The minimum atomic E-state index is -3.34. The van der Waals surface area contributed by atoms with E-state index in [0.717, 1.165) is 11.1 Å². The molecule has 0 spiro atoms. The highest BCUT2D eigenvalue weighted by molar-refractivity contribution is 7.92. The summed E-state index contributed by atoms with van der Waals surface area (Å²) in [6, 6.07) is 21.7. The van der Waals surface area contributed by atoms with E-state index in [1.807, 2.05) is 30.3 Å². The van der Waals surface area contributed by atoms with Crippen LogP contribution in [0.1, 0.15) is 33.0 Å². The van der Waals surface area contributed by atoms with Crippen molar-refractivity contribution >= 4 is 38.9 Å². The van der Waals surface area contributed by atoms with Crippen LogP contribution in [0.4, 0.5) is 11.4 Å². The van der Waals surface area contributed by atoms with Crippen molar-refractivity contribution in [2.24, 2.45) is 0 Å². The van der Waals surface area contributed by atoms with E-state index in [9.17, 15) is 18.5 Å². The number of amides is 1. The van der Waals surface area contributed by atoms with Gasteiger partial charge in [-0.2, -0.15) is 5.26 Å². The van der Waals surface area contributed by atoms with Crippen molar-refractivity contribution in [1.82, 2.24) is 0 Å². The number of hydrogen-bond donors (Lipinski definition) is 1. The van der Waals surface area contributed by atoms with Gasteiger partial charge in [0.25, 0.3) is 5.91 Å². The summed E-state index contributed by atoms with van der Waals surface area (Å²) in [5.74, 6) is -0.836. The molecule has 1 aliphatic rings. The predicted molar refractivity (Wildman–Crippen MR) is 126 cm³/mol. The fourth-order valence-electron chi connectivity index (χ4n) is 3.87. The van der Waals surface area contributed by atoms with Crippen LogP contribution in [0, 0.1) is 11.3 Å². The Labute approximate surface area is 192 Å². The lowest BCUT2D eigenvalue weighted by Gasteiger charge is -2.16. The van der Waals surface area contributed by atoms with Crippen LogP contribution in [0.2, 0.25) is 5.02 Å². The molecule has 0 bridgehead atoms. The lowest BCUT2D eigenvalue weighted by molar-refractivity contribution is 0.102. The number of carbonyl (C=O) groups is 1. The Bertz CT molecular complexity index is 1330. The summed E-state index contributed by atoms with van der Waals surface area (Å²) in [4.78, 5) is 12.8. The summed E-state index contributed by atoms with van der Waals surface area (Å²) < 4.78 is 25.1. The third-order valence-corrected chi connectivity index (χ3v) is 6.93. The molecule has 32 heavy (non-hydrogen) atoms. The molecule has 1 N–H and O–H groups in total. The molecule has 0 saturated heterocycles. The van der Waals surface area contributed by atoms with Gasteiger partial charge in [0.15, 0.2) is 0 Å². The fourth-order valence-corrected chi connectivity index (χ4v) is 5.12. The molecule has 1 heterocycles. The summed E-state index contributed by atoms with van der Waals surface area (Å²) in [6.07, 6.45) is 1.73. The molecular weight excluding hydrogens is 446 g/mol. The van der Waals surface area contributed by atoms with Gasteiger partial charge in [0.1, 0.15) is 0 Å². The maximum Gasteiger partial charge on any atom is 0.255 e. The molecule has 1 unspecified atom stereocenters. The minimum absolute atomic E-state index is 0.325. The highest BCUT2D eigenvalue weighted by atomic mass is 35.5. The molecule has 6 nitrogen and oxygen atoms in total. The van der Waals surface area contributed by atoms with Gasteiger partial charge in [-0.25, -0.2) is 8.42 Å². The maximum atomic E-state index is 12.8. The number of carbonyl (C=O) groups excluding carboxylic acids is 1. The molecule has 1 atom stereocenters. The molecule has 4 rings (SSSR count). The minimum Gasteiger partial charge on any atom is -0.322 e. The van der Waals surface area contributed by atoms with Crippen molar-refractivity contribution in [3.05, 3.63) is 94.0 Å². The van der Waals surface area contributed by atoms with Crippen molar-refractivity contribution < 1.29 is 13.2 Å². The van der Waals surface area contributed by atoms with E-state index in [1.165, 1.54) is 10.6 Å². The van der Waals surface area contributed by atoms with Crippen LogP contribution in [0.25, 0.3) is 0 Å². The van der Waals surface area contributed by atoms with Gasteiger partial charge in [-0.3, -0.25) is 9.10 Å². The number of benzene rings is 3. The summed E-state index contributed by atoms with van der Waals surface area (Å²) in [7, 11) is -3.34. The van der Waals surface area contributed by atoms with Gasteiger partial charge in [0.05, 0.1) is 23.9 Å². The number of halogens is 1. The second-order valence-corrected chi connectivity index (χ2v) is 9.91. The Hall–Kier alpha value is -3.34. The molecule has 8 heteroatoms. The van der Waals surface area contributed by atoms with Crippen LogP contribution in [0.15, 0.2) is 66.7 Å². The Balaban J connectivity index is 1.54. The van der Waals surface area contributed by atoms with Crippen molar-refractivity contribution in [3.63, 3.8) is 0 Å². The third-order valence-electron chi connectivity index (χ3n) is 5.43. The molecule has 3 aromatic carbocycles. The van der Waals surface area contributed by atoms with Crippen molar-refractivity contribution in [1.29, 1.82) is 5.26 Å². The standard InChI is InChI=1S/C24H20ClN3O3S/c1-32(30,31)28-12-11-17-13-18(7-10-23(17)28)24(29)27-19-8-9-20(22(25)14-19)21(15-26)16-5-3-2-4-6-16/h2-10,13-14,21H,11-12H2,1H3,(H,27,29). The van der Waals surface area contributed by atoms with Gasteiger partial charge in [-0.15, -0.1) is 0 Å². The van der Waals surface area contributed by atoms with Crippen molar-refractivity contribution in [3.8, 4) is 6.07 Å². The van der Waals surface area contributed by atoms with Crippen molar-refractivity contribution in [2.45, 2.75) is 12.3 Å². The molecule has 1 aliphatic heterocycles. The number of rotatable bonds is 5. The lowest BCUT2D eigenvalue weighted by Crippen LogP contribution is -2.27. The number of nitrogens with zero attached hydrogens (tertiary/aromatic N) is 2. The highest BCUT2D eigenvalue weighted by Gasteiger charge is 2.27. The van der Waals surface area contributed by atoms with Gasteiger partial charge in [0.2, 0.25) is 10.0 Å². The van der Waals surface area contributed by atoms with Crippen molar-refractivity contribution in [2.75, 3.05) is 22.4 Å². The third kappa shape index (κ3) is 4.33. The monoisotopic (exact) mass is 465 g/mol. The summed E-state index contributed by atoms with van der Waals surface area (Å²) in [5.41, 5.74) is 3.87. The van der Waals surface area contributed by atoms with E-state index < -0.39 is 15.9 Å². The number of hydrogen-bond acceptors (Lipinski definition) is 4. The van der Waals surface area contributed by atoms with E-state index in [1.54, 1.807) is 36.4 Å². The summed E-state index contributed by atoms with van der Waals surface area (Å²) >= 11 is 6.45. The summed E-state index contributed by atoms with van der Waals surface area (Å²) in [6.45, 7) is 0.373. The van der Waals surface area contributed by atoms with E-state index in [0.29, 0.717) is 40.5 Å². The number of nitriles is 1. The molecule has 0 aromatic heterocycles. The first kappa shape index (κ1) is 21.9. The number of anilines is 2. The average Bonchev–Trinajstić information content (AvgIpc) is 3.20. The molecule has 0 saturated carbocycles. The average molecular weight is 466 g/mol. The molecule has 0 radical (unpaired) electrons. The second kappa shape index (κ2) is 8.65. The zero-order valence-electron chi connectivity index (χ0n) is 17.2. The first-order valence-corrected chi connectivity index (χ1v) is 12.2. The number of nitrogens with one attached hydrogen (secondary N) is 1. The first-order chi connectivity index (χ1) is 15.3. The van der Waals surface area contributed by atoms with Crippen LogP contribution in [-0.2, 0) is 16.4 Å². The van der Waals surface area contributed by atoms with Gasteiger partial charge < -0.3 is 5.32 Å². The Morgan fingerprint density at radius 3 is 2.53 bits per heavy atom. The molecular formula is C24H20ClN3O3S. The maximum absolute atomic E-state index is 12.8. The normalized spacial score (nSPS) is 13.8. The van der Waals surface area contributed by atoms with Gasteiger partial charge >= 0.3 is 0 Å². The molecule has 1 amide bonds. The zero-order valence-corrected chi connectivity index (χ0v) is 18.8. The SMILES string of the molecule is CS(=O)(=O)N1CCc2cc(C(=O)Nc3ccc(C(C#N)c4ccccc4)c(Cl)c3)ccc21. The Kier molecular flexibility index (Phi) is 5.92. The predicted octanol–water partition coefficient (Wildman–Crippen LogP) is 4.57. The smallest absolute Gasteiger partial charge is 0.255 e. The van der Waals surface area contributed by atoms with E-state index in [2.05, 4.69) is 11.4 Å². The van der Waals surface area contributed by atoms with E-state index in [4.69, 9.17) is 11.6 Å². The fraction of sp³-hybridized carbons (Fsp3) is 0.167. The molecule has 3 aromatic rings. The molecule has 0 aliphatic carbocycles. The van der Waals surface area contributed by atoms with Crippen LogP contribution < -0.4 is 9.62 Å². The summed E-state index contributed by atoms with van der Waals surface area (Å²) in [5, 5.41) is 12.8. The Morgan fingerprint density at radius 1 is 1.12 bits per heavy atom. The number of fused-ring (bicyclic) bond motifs is 1. The number of sulfonamides is 1. The Morgan fingerprint density at radius 2 is 1.88 bits per heavy atom. The molecule has 162 valence electrons. The molecule has 0 fully saturated rings. The largest absolute Gasteiger partial charge is 0.322 e. The zero-order chi connectivity index (χ0) is 22.9. The van der Waals surface area contributed by atoms with E-state index in [-0.39, 0.29) is 5.91 Å². The highest BCUT2D eigenvalue weighted by Crippen LogP contribution is 2.33. The topological polar surface area (TPSA) is 90.3 Å². The first-order valence-electron chi connectivity index (χ1n) is 9.94. The van der Waals surface area contributed by atoms with Crippen LogP contribution in [0.5, 0.6) is 0 Å². The second-order valence-electron chi connectivity index (χ2n) is 7.59. The van der Waals surface area contributed by atoms with Crippen LogP contribution in [-0.4, -0.2) is 27.1 Å². The van der Waals surface area contributed by atoms with Gasteiger partial charge in [-0.1, -0.05) is 48.0 Å². The van der Waals surface area contributed by atoms with Crippen LogP contribution >= 0.6 is 11.6 Å². The quantitative estimate of drug-likeness (QED) is 0.597. The van der Waals surface area contributed by atoms with Gasteiger partial charge in [-0.05, 0) is 53.4 Å². The van der Waals surface area contributed by atoms with Crippen LogP contribution in [0.3, 0.4) is 0 Å².